The second kappa shape index (κ2) is 8.12. The number of benzene rings is 3. The van der Waals surface area contributed by atoms with E-state index in [-0.39, 0.29) is 0 Å². The second-order valence-electron chi connectivity index (χ2n) is 7.39. The van der Waals surface area contributed by atoms with Crippen molar-refractivity contribution in [2.45, 2.75) is 39.5 Å². The fraction of sp³-hybridized carbons (Fsp3) is 0.261. The third kappa shape index (κ3) is 5.23. The van der Waals surface area contributed by atoms with Crippen LogP contribution in [0, 0.1) is 0 Å². The van der Waals surface area contributed by atoms with E-state index >= 15 is 0 Å². The zero-order valence-corrected chi connectivity index (χ0v) is 16.0. The summed E-state index contributed by atoms with van der Waals surface area (Å²) in [5.74, 6) is 0.758. The zero-order valence-electron chi connectivity index (χ0n) is 16.0. The molecule has 1 N–H and O–H groups in total. The molecule has 3 aromatic rings. The van der Waals surface area contributed by atoms with Gasteiger partial charge in [0, 0.05) is 5.56 Å². The van der Waals surface area contributed by atoms with Gasteiger partial charge in [-0.15, -0.1) is 0 Å². The van der Waals surface area contributed by atoms with Gasteiger partial charge >= 0.3 is 6.09 Å². The summed E-state index contributed by atoms with van der Waals surface area (Å²) in [5, 5.41) is 5.00. The van der Waals surface area contributed by atoms with Crippen LogP contribution in [0.25, 0.3) is 10.8 Å². The lowest BCUT2D eigenvalue weighted by Crippen LogP contribution is -2.32. The van der Waals surface area contributed by atoms with Crippen molar-refractivity contribution in [1.29, 1.82) is 0 Å². The third-order valence-electron chi connectivity index (χ3n) is 4.04. The van der Waals surface area contributed by atoms with E-state index < -0.39 is 11.7 Å². The number of hydrogen-bond acceptors (Lipinski definition) is 3. The van der Waals surface area contributed by atoms with Crippen molar-refractivity contribution in [1.82, 2.24) is 5.32 Å². The molecule has 4 heteroatoms. The lowest BCUT2D eigenvalue weighted by Gasteiger charge is -2.20. The van der Waals surface area contributed by atoms with Gasteiger partial charge in [-0.25, -0.2) is 4.79 Å². The number of amides is 1. The number of nitrogens with one attached hydrogen (secondary N) is 1. The van der Waals surface area contributed by atoms with Crippen molar-refractivity contribution >= 4 is 16.9 Å². The molecule has 1 amide bonds. The molecule has 3 rings (SSSR count). The van der Waals surface area contributed by atoms with Gasteiger partial charge in [0.15, 0.2) is 0 Å². The zero-order chi connectivity index (χ0) is 19.3. The molecule has 0 aromatic heterocycles. The maximum Gasteiger partial charge on any atom is 0.407 e. The molecular weight excluding hydrogens is 338 g/mol. The van der Waals surface area contributed by atoms with E-state index in [0.717, 1.165) is 27.6 Å². The van der Waals surface area contributed by atoms with Gasteiger partial charge in [-0.05, 0) is 43.2 Å². The van der Waals surface area contributed by atoms with Gasteiger partial charge in [0.25, 0.3) is 0 Å². The first-order valence-electron chi connectivity index (χ1n) is 9.06. The summed E-state index contributed by atoms with van der Waals surface area (Å²) in [6, 6.07) is 22.1. The first-order chi connectivity index (χ1) is 12.9. The largest absolute Gasteiger partial charge is 0.489 e. The smallest absolute Gasteiger partial charge is 0.407 e. The molecule has 0 saturated carbocycles. The van der Waals surface area contributed by atoms with Crippen LogP contribution < -0.4 is 10.1 Å². The van der Waals surface area contributed by atoms with Gasteiger partial charge in [0.05, 0.1) is 6.54 Å². The summed E-state index contributed by atoms with van der Waals surface area (Å²) in [5.41, 5.74) is 1.50. The first kappa shape index (κ1) is 18.8. The molecule has 140 valence electrons. The molecule has 0 saturated heterocycles. The van der Waals surface area contributed by atoms with Crippen molar-refractivity contribution in [2.24, 2.45) is 0 Å². The number of carbonyl (C=O) groups excluding carboxylic acids is 1. The van der Waals surface area contributed by atoms with Crippen LogP contribution in [-0.2, 0) is 17.9 Å². The standard InChI is InChI=1S/C23H25NO3/c1-23(2,3)27-22(25)24-15-20-19-12-8-7-11-18(19)13-14-21(20)26-16-17-9-5-4-6-10-17/h4-14H,15-16H2,1-3H3,(H,24,25). The summed E-state index contributed by atoms with van der Waals surface area (Å²) in [6.07, 6.45) is -0.440. The van der Waals surface area contributed by atoms with Crippen LogP contribution in [0.3, 0.4) is 0 Å². The predicted molar refractivity (Wildman–Crippen MR) is 108 cm³/mol. The molecular formula is C23H25NO3. The summed E-state index contributed by atoms with van der Waals surface area (Å²) in [7, 11) is 0. The molecule has 0 atom stereocenters. The summed E-state index contributed by atoms with van der Waals surface area (Å²) in [4.78, 5) is 12.1. The first-order valence-corrected chi connectivity index (χ1v) is 9.06. The number of rotatable bonds is 5. The SMILES string of the molecule is CC(C)(C)OC(=O)NCc1c(OCc2ccccc2)ccc2ccccc12. The molecule has 0 heterocycles. The molecule has 0 aliphatic rings. The number of alkyl carbamates (subject to hydrolysis) is 1. The van der Waals surface area contributed by atoms with Crippen LogP contribution in [0.4, 0.5) is 4.79 Å². The normalized spacial score (nSPS) is 11.2. The minimum Gasteiger partial charge on any atom is -0.489 e. The van der Waals surface area contributed by atoms with Gasteiger partial charge in [-0.1, -0.05) is 60.7 Å². The van der Waals surface area contributed by atoms with E-state index in [1.165, 1.54) is 0 Å². The molecule has 0 bridgehead atoms. The van der Waals surface area contributed by atoms with Gasteiger partial charge in [0.2, 0.25) is 0 Å². The van der Waals surface area contributed by atoms with E-state index in [2.05, 4.69) is 5.32 Å². The van der Waals surface area contributed by atoms with Gasteiger partial charge < -0.3 is 14.8 Å². The Bertz CT molecular complexity index is 914. The monoisotopic (exact) mass is 363 g/mol. The Hall–Kier alpha value is -3.01. The Morgan fingerprint density at radius 3 is 2.37 bits per heavy atom. The highest BCUT2D eigenvalue weighted by Gasteiger charge is 2.17. The van der Waals surface area contributed by atoms with Crippen LogP contribution in [0.2, 0.25) is 0 Å². The quantitative estimate of drug-likeness (QED) is 0.656. The molecule has 0 unspecified atom stereocenters. The maximum absolute atomic E-state index is 12.1. The van der Waals surface area contributed by atoms with Crippen molar-refractivity contribution in [3.63, 3.8) is 0 Å². The van der Waals surface area contributed by atoms with E-state index in [1.807, 2.05) is 87.5 Å². The molecule has 0 aliphatic carbocycles. The Kier molecular flexibility index (Phi) is 5.65. The Morgan fingerprint density at radius 1 is 0.926 bits per heavy atom. The number of fused-ring (bicyclic) bond motifs is 1. The van der Waals surface area contributed by atoms with Crippen molar-refractivity contribution in [3.05, 3.63) is 77.9 Å². The van der Waals surface area contributed by atoms with Crippen molar-refractivity contribution < 1.29 is 14.3 Å². The fourth-order valence-corrected chi connectivity index (χ4v) is 2.84. The lowest BCUT2D eigenvalue weighted by atomic mass is 10.0. The fourth-order valence-electron chi connectivity index (χ4n) is 2.84. The van der Waals surface area contributed by atoms with E-state index in [1.54, 1.807) is 0 Å². The van der Waals surface area contributed by atoms with E-state index in [9.17, 15) is 4.79 Å². The summed E-state index contributed by atoms with van der Waals surface area (Å²) >= 11 is 0. The van der Waals surface area contributed by atoms with Gasteiger partial charge in [0.1, 0.15) is 18.0 Å². The number of carbonyl (C=O) groups is 1. The summed E-state index contributed by atoms with van der Waals surface area (Å²) < 4.78 is 11.4. The minimum absolute atomic E-state index is 0.334. The number of ether oxygens (including phenoxy) is 2. The van der Waals surface area contributed by atoms with Gasteiger partial charge in [-0.3, -0.25) is 0 Å². The van der Waals surface area contributed by atoms with Crippen LogP contribution >= 0.6 is 0 Å². The molecule has 0 aliphatic heterocycles. The number of hydrogen-bond donors (Lipinski definition) is 1. The Labute approximate surface area is 160 Å². The van der Waals surface area contributed by atoms with Crippen molar-refractivity contribution in [3.8, 4) is 5.75 Å². The molecule has 4 nitrogen and oxygen atoms in total. The maximum atomic E-state index is 12.1. The van der Waals surface area contributed by atoms with Crippen LogP contribution in [0.5, 0.6) is 5.75 Å². The lowest BCUT2D eigenvalue weighted by molar-refractivity contribution is 0.0523. The van der Waals surface area contributed by atoms with Crippen molar-refractivity contribution in [2.75, 3.05) is 0 Å². The predicted octanol–water partition coefficient (Wildman–Crippen LogP) is 5.44. The molecule has 0 radical (unpaired) electrons. The average molecular weight is 363 g/mol. The van der Waals surface area contributed by atoms with E-state index in [4.69, 9.17) is 9.47 Å². The highest BCUT2D eigenvalue weighted by atomic mass is 16.6. The van der Waals surface area contributed by atoms with Gasteiger partial charge in [-0.2, -0.15) is 0 Å². The van der Waals surface area contributed by atoms with Crippen LogP contribution in [-0.4, -0.2) is 11.7 Å². The molecule has 27 heavy (non-hydrogen) atoms. The molecule has 0 spiro atoms. The average Bonchev–Trinajstić information content (AvgIpc) is 2.64. The Balaban J connectivity index is 1.82. The third-order valence-corrected chi connectivity index (χ3v) is 4.04. The second-order valence-corrected chi connectivity index (χ2v) is 7.39. The minimum atomic E-state index is -0.532. The van der Waals surface area contributed by atoms with Crippen LogP contribution in [0.15, 0.2) is 66.7 Å². The molecule has 0 fully saturated rings. The Morgan fingerprint density at radius 2 is 1.63 bits per heavy atom. The topological polar surface area (TPSA) is 47.6 Å². The summed E-state index contributed by atoms with van der Waals surface area (Å²) in [6.45, 7) is 6.34. The van der Waals surface area contributed by atoms with Crippen LogP contribution in [0.1, 0.15) is 31.9 Å². The molecule has 3 aromatic carbocycles. The highest BCUT2D eigenvalue weighted by molar-refractivity contribution is 5.88. The van der Waals surface area contributed by atoms with E-state index in [0.29, 0.717) is 13.2 Å². The highest BCUT2D eigenvalue weighted by Crippen LogP contribution is 2.29.